The number of likely N-dealkylation sites (N-methyl/N-ethyl adjacent to an activating group) is 1. The predicted molar refractivity (Wildman–Crippen MR) is 77.1 cm³/mol. The lowest BCUT2D eigenvalue weighted by atomic mass is 10.1. The van der Waals surface area contributed by atoms with Gasteiger partial charge in [0.15, 0.2) is 0 Å². The fraction of sp³-hybridized carbons (Fsp3) is 0.533. The second-order valence-electron chi connectivity index (χ2n) is 5.03. The van der Waals surface area contributed by atoms with E-state index in [2.05, 4.69) is 45.4 Å². The molecule has 1 saturated heterocycles. The minimum atomic E-state index is 0.109. The molecule has 0 bridgehead atoms. The van der Waals surface area contributed by atoms with Crippen molar-refractivity contribution in [1.82, 2.24) is 15.1 Å². The second-order valence-corrected chi connectivity index (χ2v) is 5.03. The number of piperazine rings is 1. The number of amides is 1. The van der Waals surface area contributed by atoms with Crippen LogP contribution < -0.4 is 5.32 Å². The number of rotatable bonds is 5. The third kappa shape index (κ3) is 4.65. The maximum absolute atomic E-state index is 11.3. The molecule has 0 saturated carbocycles. The summed E-state index contributed by atoms with van der Waals surface area (Å²) in [5, 5.41) is 2.68. The Hall–Kier alpha value is -1.39. The second kappa shape index (κ2) is 7.26. The summed E-state index contributed by atoms with van der Waals surface area (Å²) >= 11 is 0. The SMILES string of the molecule is CNC(=O)CN1CCN(CCc2ccccc2)CC1. The molecule has 2 rings (SSSR count). The standard InChI is InChI=1S/C15H23N3O/c1-16-15(19)13-18-11-9-17(10-12-18)8-7-14-5-3-2-4-6-14/h2-6H,7-13H2,1H3,(H,16,19). The third-order valence-electron chi connectivity index (χ3n) is 3.67. The zero-order valence-corrected chi connectivity index (χ0v) is 11.6. The van der Waals surface area contributed by atoms with Crippen LogP contribution in [0.2, 0.25) is 0 Å². The van der Waals surface area contributed by atoms with Crippen molar-refractivity contribution in [1.29, 1.82) is 0 Å². The molecule has 19 heavy (non-hydrogen) atoms. The molecule has 1 aromatic rings. The molecule has 1 fully saturated rings. The number of benzene rings is 1. The summed E-state index contributed by atoms with van der Waals surface area (Å²) in [6, 6.07) is 10.6. The molecule has 1 heterocycles. The molecule has 0 aliphatic carbocycles. The summed E-state index contributed by atoms with van der Waals surface area (Å²) in [5.41, 5.74) is 1.40. The van der Waals surface area contributed by atoms with Crippen molar-refractivity contribution in [3.05, 3.63) is 35.9 Å². The molecule has 1 aliphatic heterocycles. The first kappa shape index (κ1) is 14.0. The van der Waals surface area contributed by atoms with Gasteiger partial charge in [0.05, 0.1) is 6.54 Å². The Morgan fingerprint density at radius 2 is 1.74 bits per heavy atom. The van der Waals surface area contributed by atoms with Gasteiger partial charge in [0.25, 0.3) is 0 Å². The Labute approximate surface area is 115 Å². The first-order chi connectivity index (χ1) is 9.28. The van der Waals surface area contributed by atoms with Crippen LogP contribution in [-0.4, -0.2) is 62.0 Å². The average molecular weight is 261 g/mol. The molecule has 0 spiro atoms. The molecule has 0 aromatic heterocycles. The fourth-order valence-electron chi connectivity index (χ4n) is 2.39. The van der Waals surface area contributed by atoms with Gasteiger partial charge in [-0.3, -0.25) is 9.69 Å². The van der Waals surface area contributed by atoms with Gasteiger partial charge in [-0.2, -0.15) is 0 Å². The number of hydrogen-bond donors (Lipinski definition) is 1. The minimum absolute atomic E-state index is 0.109. The van der Waals surface area contributed by atoms with Crippen molar-refractivity contribution in [2.75, 3.05) is 46.3 Å². The number of hydrogen-bond acceptors (Lipinski definition) is 3. The van der Waals surface area contributed by atoms with Crippen LogP contribution in [0.3, 0.4) is 0 Å². The monoisotopic (exact) mass is 261 g/mol. The van der Waals surface area contributed by atoms with Crippen molar-refractivity contribution >= 4 is 5.91 Å². The van der Waals surface area contributed by atoms with Gasteiger partial charge in [0.2, 0.25) is 5.91 Å². The minimum Gasteiger partial charge on any atom is -0.358 e. The highest BCUT2D eigenvalue weighted by molar-refractivity contribution is 5.77. The zero-order valence-electron chi connectivity index (χ0n) is 11.6. The average Bonchev–Trinajstić information content (AvgIpc) is 2.47. The van der Waals surface area contributed by atoms with Gasteiger partial charge in [-0.15, -0.1) is 0 Å². The van der Waals surface area contributed by atoms with E-state index in [-0.39, 0.29) is 5.91 Å². The summed E-state index contributed by atoms with van der Waals surface area (Å²) in [4.78, 5) is 16.0. The molecular weight excluding hydrogens is 238 g/mol. The van der Waals surface area contributed by atoms with Crippen molar-refractivity contribution in [2.24, 2.45) is 0 Å². The lowest BCUT2D eigenvalue weighted by Crippen LogP contribution is -2.49. The van der Waals surface area contributed by atoms with Gasteiger partial charge in [0.1, 0.15) is 0 Å². The molecule has 4 nitrogen and oxygen atoms in total. The summed E-state index contributed by atoms with van der Waals surface area (Å²) in [5.74, 6) is 0.109. The lowest BCUT2D eigenvalue weighted by Gasteiger charge is -2.34. The molecule has 4 heteroatoms. The molecule has 0 atom stereocenters. The fourth-order valence-corrected chi connectivity index (χ4v) is 2.39. The van der Waals surface area contributed by atoms with Crippen molar-refractivity contribution < 1.29 is 4.79 Å². The zero-order chi connectivity index (χ0) is 13.5. The summed E-state index contributed by atoms with van der Waals surface area (Å²) in [6.45, 7) is 5.74. The van der Waals surface area contributed by atoms with E-state index in [1.165, 1.54) is 5.56 Å². The van der Waals surface area contributed by atoms with Crippen LogP contribution in [0.5, 0.6) is 0 Å². The van der Waals surface area contributed by atoms with E-state index in [4.69, 9.17) is 0 Å². The molecule has 1 aromatic carbocycles. The van der Waals surface area contributed by atoms with E-state index in [0.717, 1.165) is 39.1 Å². The molecular formula is C15H23N3O. The van der Waals surface area contributed by atoms with Gasteiger partial charge in [-0.05, 0) is 12.0 Å². The van der Waals surface area contributed by atoms with E-state index in [9.17, 15) is 4.79 Å². The third-order valence-corrected chi connectivity index (χ3v) is 3.67. The maximum atomic E-state index is 11.3. The largest absolute Gasteiger partial charge is 0.358 e. The highest BCUT2D eigenvalue weighted by Gasteiger charge is 2.17. The van der Waals surface area contributed by atoms with Crippen molar-refractivity contribution in [3.8, 4) is 0 Å². The summed E-state index contributed by atoms with van der Waals surface area (Å²) < 4.78 is 0. The molecule has 0 unspecified atom stereocenters. The first-order valence-electron chi connectivity index (χ1n) is 6.97. The number of nitrogens with one attached hydrogen (secondary N) is 1. The van der Waals surface area contributed by atoms with Gasteiger partial charge >= 0.3 is 0 Å². The van der Waals surface area contributed by atoms with Crippen LogP contribution in [0.15, 0.2) is 30.3 Å². The molecule has 1 aliphatic rings. The summed E-state index contributed by atoms with van der Waals surface area (Å²) in [7, 11) is 1.69. The van der Waals surface area contributed by atoms with Gasteiger partial charge < -0.3 is 10.2 Å². The Morgan fingerprint density at radius 1 is 1.11 bits per heavy atom. The van der Waals surface area contributed by atoms with Crippen LogP contribution in [-0.2, 0) is 11.2 Å². The van der Waals surface area contributed by atoms with Crippen molar-refractivity contribution in [3.63, 3.8) is 0 Å². The van der Waals surface area contributed by atoms with Gasteiger partial charge in [-0.25, -0.2) is 0 Å². The van der Waals surface area contributed by atoms with Crippen LogP contribution in [0.4, 0.5) is 0 Å². The Kier molecular flexibility index (Phi) is 5.36. The van der Waals surface area contributed by atoms with Crippen molar-refractivity contribution in [2.45, 2.75) is 6.42 Å². The smallest absolute Gasteiger partial charge is 0.233 e. The van der Waals surface area contributed by atoms with Crippen LogP contribution in [0.1, 0.15) is 5.56 Å². The van der Waals surface area contributed by atoms with Crippen LogP contribution >= 0.6 is 0 Å². The van der Waals surface area contributed by atoms with E-state index >= 15 is 0 Å². The van der Waals surface area contributed by atoms with E-state index in [1.807, 2.05) is 0 Å². The first-order valence-corrected chi connectivity index (χ1v) is 6.97. The highest BCUT2D eigenvalue weighted by atomic mass is 16.1. The Balaban J connectivity index is 1.67. The number of carbonyl (C=O) groups excluding carboxylic acids is 1. The van der Waals surface area contributed by atoms with Gasteiger partial charge in [0, 0.05) is 39.8 Å². The van der Waals surface area contributed by atoms with Crippen LogP contribution in [0, 0.1) is 0 Å². The lowest BCUT2D eigenvalue weighted by molar-refractivity contribution is -0.122. The predicted octanol–water partition coefficient (Wildman–Crippen LogP) is 0.593. The topological polar surface area (TPSA) is 35.6 Å². The highest BCUT2D eigenvalue weighted by Crippen LogP contribution is 2.05. The molecule has 1 N–H and O–H groups in total. The number of nitrogens with zero attached hydrogens (tertiary/aromatic N) is 2. The quantitative estimate of drug-likeness (QED) is 0.843. The van der Waals surface area contributed by atoms with Gasteiger partial charge in [-0.1, -0.05) is 30.3 Å². The van der Waals surface area contributed by atoms with E-state index < -0.39 is 0 Å². The van der Waals surface area contributed by atoms with E-state index in [0.29, 0.717) is 6.54 Å². The molecule has 0 radical (unpaired) electrons. The maximum Gasteiger partial charge on any atom is 0.233 e. The molecule has 1 amide bonds. The summed E-state index contributed by atoms with van der Waals surface area (Å²) in [6.07, 6.45) is 1.11. The van der Waals surface area contributed by atoms with Crippen LogP contribution in [0.25, 0.3) is 0 Å². The molecule has 104 valence electrons. The number of carbonyl (C=O) groups is 1. The Bertz CT molecular complexity index is 386. The Morgan fingerprint density at radius 3 is 2.37 bits per heavy atom. The normalized spacial score (nSPS) is 17.3. The van der Waals surface area contributed by atoms with E-state index in [1.54, 1.807) is 7.05 Å².